The van der Waals surface area contributed by atoms with Crippen molar-refractivity contribution in [3.8, 4) is 0 Å². The first kappa shape index (κ1) is 16.7. The summed E-state index contributed by atoms with van der Waals surface area (Å²) in [7, 11) is 1.48. The van der Waals surface area contributed by atoms with E-state index in [0.717, 1.165) is 24.8 Å². The lowest BCUT2D eigenvalue weighted by Crippen LogP contribution is -2.37. The highest BCUT2D eigenvalue weighted by Gasteiger charge is 2.18. The first-order chi connectivity index (χ1) is 11.0. The second-order valence-electron chi connectivity index (χ2n) is 5.37. The van der Waals surface area contributed by atoms with Crippen LogP contribution in [-0.2, 0) is 7.05 Å². The van der Waals surface area contributed by atoms with Crippen LogP contribution in [0.25, 0.3) is 0 Å². The van der Waals surface area contributed by atoms with Gasteiger partial charge in [-0.2, -0.15) is 0 Å². The number of nitrogens with zero attached hydrogens (tertiary/aromatic N) is 2. The number of unbranched alkanes of at least 4 members (excludes halogenated alkanes) is 1. The van der Waals surface area contributed by atoms with Crippen molar-refractivity contribution in [1.29, 1.82) is 0 Å². The average molecular weight is 316 g/mol. The second kappa shape index (κ2) is 7.53. The van der Waals surface area contributed by atoms with E-state index in [1.165, 1.54) is 17.8 Å². The van der Waals surface area contributed by atoms with Gasteiger partial charge in [-0.25, -0.2) is 4.79 Å². The predicted molar refractivity (Wildman–Crippen MR) is 86.3 cm³/mol. The highest BCUT2D eigenvalue weighted by molar-refractivity contribution is 5.93. The standard InChI is InChI=1S/C16H20N4O3/c1-3-4-7-13(11-6-5-8-17-9-11)18-14(21)12-10-20(2)16(23)19-15(12)22/h5-6,8-10,13H,3-4,7H2,1-2H3,(H,18,21)(H,19,22,23)/t13-/m0/s1. The van der Waals surface area contributed by atoms with Crippen LogP contribution in [0.5, 0.6) is 0 Å². The third kappa shape index (κ3) is 4.15. The zero-order valence-electron chi connectivity index (χ0n) is 13.2. The fourth-order valence-electron chi connectivity index (χ4n) is 2.27. The summed E-state index contributed by atoms with van der Waals surface area (Å²) in [5.74, 6) is -0.508. The number of rotatable bonds is 6. The third-order valence-corrected chi connectivity index (χ3v) is 3.59. The zero-order chi connectivity index (χ0) is 16.8. The first-order valence-corrected chi connectivity index (χ1v) is 7.53. The number of carbonyl (C=O) groups is 1. The van der Waals surface area contributed by atoms with E-state index in [2.05, 4.69) is 22.2 Å². The lowest BCUT2D eigenvalue weighted by molar-refractivity contribution is 0.0931. The molecule has 0 radical (unpaired) electrons. The Hall–Kier alpha value is -2.70. The molecule has 0 unspecified atom stereocenters. The number of amides is 1. The van der Waals surface area contributed by atoms with Crippen molar-refractivity contribution in [2.45, 2.75) is 32.2 Å². The van der Waals surface area contributed by atoms with Crippen molar-refractivity contribution in [2.24, 2.45) is 7.05 Å². The van der Waals surface area contributed by atoms with Crippen molar-refractivity contribution in [1.82, 2.24) is 19.9 Å². The van der Waals surface area contributed by atoms with Crippen molar-refractivity contribution in [3.63, 3.8) is 0 Å². The predicted octanol–water partition coefficient (Wildman–Crippen LogP) is 1.13. The molecule has 7 nitrogen and oxygen atoms in total. The number of hydrogen-bond acceptors (Lipinski definition) is 4. The first-order valence-electron chi connectivity index (χ1n) is 7.53. The van der Waals surface area contributed by atoms with Gasteiger partial charge in [-0.15, -0.1) is 0 Å². The van der Waals surface area contributed by atoms with Gasteiger partial charge in [0.05, 0.1) is 6.04 Å². The molecule has 0 bridgehead atoms. The summed E-state index contributed by atoms with van der Waals surface area (Å²) >= 11 is 0. The maximum Gasteiger partial charge on any atom is 0.328 e. The number of H-pyrrole nitrogens is 1. The fourth-order valence-corrected chi connectivity index (χ4v) is 2.27. The van der Waals surface area contributed by atoms with E-state index in [1.54, 1.807) is 18.5 Å². The molecule has 0 aliphatic carbocycles. The molecule has 0 saturated heterocycles. The highest BCUT2D eigenvalue weighted by Crippen LogP contribution is 2.18. The number of pyridine rings is 1. The molecule has 0 aliphatic heterocycles. The highest BCUT2D eigenvalue weighted by atomic mass is 16.2. The summed E-state index contributed by atoms with van der Waals surface area (Å²) in [6.45, 7) is 2.07. The average Bonchev–Trinajstić information content (AvgIpc) is 2.55. The van der Waals surface area contributed by atoms with Gasteiger partial charge in [0.1, 0.15) is 5.56 Å². The Bertz CT molecular complexity index is 780. The zero-order valence-corrected chi connectivity index (χ0v) is 13.2. The van der Waals surface area contributed by atoms with E-state index in [4.69, 9.17) is 0 Å². The molecule has 2 heterocycles. The van der Waals surface area contributed by atoms with Gasteiger partial charge >= 0.3 is 5.69 Å². The summed E-state index contributed by atoms with van der Waals surface area (Å²) in [4.78, 5) is 41.8. The van der Waals surface area contributed by atoms with Gasteiger partial charge in [-0.1, -0.05) is 25.8 Å². The lowest BCUT2D eigenvalue weighted by Gasteiger charge is -2.18. The Morgan fingerprint density at radius 1 is 1.43 bits per heavy atom. The normalized spacial score (nSPS) is 11.9. The van der Waals surface area contributed by atoms with Crippen LogP contribution in [0.3, 0.4) is 0 Å². The Labute approximate surface area is 133 Å². The molecule has 1 atom stereocenters. The minimum Gasteiger partial charge on any atom is -0.345 e. The fraction of sp³-hybridized carbons (Fsp3) is 0.375. The van der Waals surface area contributed by atoms with Gasteiger partial charge in [-0.05, 0) is 18.1 Å². The largest absolute Gasteiger partial charge is 0.345 e. The summed E-state index contributed by atoms with van der Waals surface area (Å²) < 4.78 is 1.17. The molecule has 2 N–H and O–H groups in total. The van der Waals surface area contributed by atoms with Gasteiger partial charge in [0, 0.05) is 25.6 Å². The Morgan fingerprint density at radius 3 is 2.87 bits per heavy atom. The maximum atomic E-state index is 12.4. The van der Waals surface area contributed by atoms with E-state index in [9.17, 15) is 14.4 Å². The summed E-state index contributed by atoms with van der Waals surface area (Å²) in [6, 6.07) is 3.46. The molecule has 7 heteroatoms. The molecule has 2 rings (SSSR count). The molecular formula is C16H20N4O3. The number of aromatic nitrogens is 3. The molecule has 0 aromatic carbocycles. The number of aryl methyl sites for hydroxylation is 1. The molecule has 122 valence electrons. The number of aromatic amines is 1. The Kier molecular flexibility index (Phi) is 5.46. The SMILES string of the molecule is CCCC[C@H](NC(=O)c1cn(C)c(=O)[nH]c1=O)c1cccnc1. The maximum absolute atomic E-state index is 12.4. The molecule has 1 amide bonds. The Balaban J connectivity index is 2.26. The lowest BCUT2D eigenvalue weighted by atomic mass is 10.0. The third-order valence-electron chi connectivity index (χ3n) is 3.59. The van der Waals surface area contributed by atoms with Gasteiger partial charge < -0.3 is 9.88 Å². The van der Waals surface area contributed by atoms with Crippen LogP contribution in [0.2, 0.25) is 0 Å². The molecule has 2 aromatic heterocycles. The van der Waals surface area contributed by atoms with E-state index < -0.39 is 17.2 Å². The monoisotopic (exact) mass is 316 g/mol. The molecule has 0 fully saturated rings. The van der Waals surface area contributed by atoms with Gasteiger partial charge in [0.25, 0.3) is 11.5 Å². The molecule has 2 aromatic rings. The van der Waals surface area contributed by atoms with Crippen LogP contribution >= 0.6 is 0 Å². The number of nitrogens with one attached hydrogen (secondary N) is 2. The summed E-state index contributed by atoms with van der Waals surface area (Å²) in [5.41, 5.74) is -0.444. The minimum atomic E-state index is -0.689. The molecular weight excluding hydrogens is 296 g/mol. The van der Waals surface area contributed by atoms with Crippen LogP contribution in [0.1, 0.15) is 48.1 Å². The summed E-state index contributed by atoms with van der Waals surface area (Å²) in [6.07, 6.45) is 7.29. The van der Waals surface area contributed by atoms with Crippen molar-refractivity contribution >= 4 is 5.91 Å². The number of carbonyl (C=O) groups excluding carboxylic acids is 1. The topological polar surface area (TPSA) is 96.9 Å². The quantitative estimate of drug-likeness (QED) is 0.835. The van der Waals surface area contributed by atoms with Gasteiger partial charge in [0.15, 0.2) is 0 Å². The molecule has 0 saturated carbocycles. The smallest absolute Gasteiger partial charge is 0.328 e. The van der Waals surface area contributed by atoms with E-state index in [-0.39, 0.29) is 11.6 Å². The van der Waals surface area contributed by atoms with Crippen molar-refractivity contribution in [3.05, 3.63) is 62.7 Å². The van der Waals surface area contributed by atoms with Crippen LogP contribution in [0, 0.1) is 0 Å². The molecule has 0 aliphatic rings. The Morgan fingerprint density at radius 2 is 2.22 bits per heavy atom. The van der Waals surface area contributed by atoms with Gasteiger partial charge in [0.2, 0.25) is 0 Å². The van der Waals surface area contributed by atoms with E-state index in [0.29, 0.717) is 0 Å². The van der Waals surface area contributed by atoms with Crippen molar-refractivity contribution < 1.29 is 4.79 Å². The summed E-state index contributed by atoms with van der Waals surface area (Å²) in [5, 5.41) is 2.86. The van der Waals surface area contributed by atoms with Crippen LogP contribution in [-0.4, -0.2) is 20.4 Å². The molecule has 0 spiro atoms. The van der Waals surface area contributed by atoms with Crippen LogP contribution < -0.4 is 16.6 Å². The minimum absolute atomic E-state index is 0.0857. The van der Waals surface area contributed by atoms with E-state index >= 15 is 0 Å². The second-order valence-corrected chi connectivity index (χ2v) is 5.37. The van der Waals surface area contributed by atoms with Gasteiger partial charge in [-0.3, -0.25) is 19.6 Å². The van der Waals surface area contributed by atoms with Crippen LogP contribution in [0.15, 0.2) is 40.3 Å². The van der Waals surface area contributed by atoms with Crippen molar-refractivity contribution in [2.75, 3.05) is 0 Å². The molecule has 23 heavy (non-hydrogen) atoms. The van der Waals surface area contributed by atoms with E-state index in [1.807, 2.05) is 6.07 Å². The number of hydrogen-bond donors (Lipinski definition) is 2. The van der Waals surface area contributed by atoms with Crippen LogP contribution in [0.4, 0.5) is 0 Å².